The summed E-state index contributed by atoms with van der Waals surface area (Å²) in [4.78, 5) is 18.8. The molecule has 5 heteroatoms. The molecule has 1 unspecified atom stereocenters. The number of aromatic nitrogens is 3. The summed E-state index contributed by atoms with van der Waals surface area (Å²) in [6.45, 7) is 4.57. The minimum absolute atomic E-state index is 0.0736. The third-order valence-electron chi connectivity index (χ3n) is 5.29. The average molecular weight is 386 g/mol. The van der Waals surface area contributed by atoms with Crippen LogP contribution in [-0.2, 0) is 11.3 Å². The number of carbonyl (C=O) groups excluding carboxylic acids is 1. The Morgan fingerprint density at radius 2 is 2.07 bits per heavy atom. The van der Waals surface area contributed by atoms with Crippen LogP contribution < -0.4 is 0 Å². The number of likely N-dealkylation sites (tertiary alicyclic amines) is 1. The number of nitrogens with zero attached hydrogens (tertiary/aromatic N) is 4. The number of carbonyl (C=O) groups is 1. The first-order valence-corrected chi connectivity index (χ1v) is 10.2. The second kappa shape index (κ2) is 8.86. The van der Waals surface area contributed by atoms with Gasteiger partial charge in [0, 0.05) is 48.9 Å². The van der Waals surface area contributed by atoms with Gasteiger partial charge in [-0.2, -0.15) is 5.10 Å². The highest BCUT2D eigenvalue weighted by atomic mass is 16.2. The fourth-order valence-corrected chi connectivity index (χ4v) is 3.79. The van der Waals surface area contributed by atoms with Gasteiger partial charge in [0.1, 0.15) is 5.69 Å². The molecule has 0 radical (unpaired) electrons. The predicted octanol–water partition coefficient (Wildman–Crippen LogP) is 4.27. The van der Waals surface area contributed by atoms with Gasteiger partial charge in [0.25, 0.3) is 0 Å². The number of hydrogen-bond donors (Lipinski definition) is 0. The van der Waals surface area contributed by atoms with Gasteiger partial charge < -0.3 is 4.90 Å². The summed E-state index contributed by atoms with van der Waals surface area (Å²) in [5.41, 5.74) is 3.89. The number of rotatable bonds is 5. The molecule has 5 nitrogen and oxygen atoms in total. The molecule has 1 saturated heterocycles. The molecule has 0 bridgehead atoms. The Bertz CT molecular complexity index is 979. The van der Waals surface area contributed by atoms with E-state index >= 15 is 0 Å². The topological polar surface area (TPSA) is 51.0 Å². The summed E-state index contributed by atoms with van der Waals surface area (Å²) in [5, 5.41) is 4.78. The molecule has 0 aliphatic carbocycles. The highest BCUT2D eigenvalue weighted by Gasteiger charge is 2.19. The van der Waals surface area contributed by atoms with Crippen molar-refractivity contribution in [2.75, 3.05) is 13.1 Å². The zero-order chi connectivity index (χ0) is 20.1. The summed E-state index contributed by atoms with van der Waals surface area (Å²) >= 11 is 0. The molecule has 0 saturated carbocycles. The third kappa shape index (κ3) is 4.80. The molecule has 1 amide bonds. The molecular formula is C24H26N4O. The fourth-order valence-electron chi connectivity index (χ4n) is 3.79. The molecule has 148 valence electrons. The van der Waals surface area contributed by atoms with Crippen molar-refractivity contribution in [3.05, 3.63) is 78.3 Å². The third-order valence-corrected chi connectivity index (χ3v) is 5.29. The van der Waals surface area contributed by atoms with Crippen molar-refractivity contribution in [3.8, 4) is 11.3 Å². The van der Waals surface area contributed by atoms with Crippen LogP contribution in [-0.4, -0.2) is 38.7 Å². The fraction of sp³-hybridized carbons (Fsp3) is 0.292. The number of pyridine rings is 1. The Labute approximate surface area is 171 Å². The molecular weight excluding hydrogens is 360 g/mol. The standard InChI is InChI=1S/C24H26N4O/c1-19-7-6-14-27(16-19)23(29)12-11-22-18-28(17-20-8-3-2-4-9-20)26-24(22)21-10-5-13-25-15-21/h2-5,8-13,15,18-19H,6-7,14,16-17H2,1H3/b12-11+. The summed E-state index contributed by atoms with van der Waals surface area (Å²) in [7, 11) is 0. The number of piperidine rings is 1. The van der Waals surface area contributed by atoms with Crippen molar-refractivity contribution in [2.45, 2.75) is 26.3 Å². The molecule has 1 aliphatic rings. The minimum Gasteiger partial charge on any atom is -0.339 e. The Kier molecular flexibility index (Phi) is 5.84. The zero-order valence-corrected chi connectivity index (χ0v) is 16.7. The Morgan fingerprint density at radius 1 is 1.21 bits per heavy atom. The first-order chi connectivity index (χ1) is 14.2. The lowest BCUT2D eigenvalue weighted by atomic mass is 10.0. The van der Waals surface area contributed by atoms with Crippen LogP contribution in [0.15, 0.2) is 67.1 Å². The van der Waals surface area contributed by atoms with Crippen LogP contribution in [0.1, 0.15) is 30.9 Å². The second-order valence-corrected chi connectivity index (χ2v) is 7.72. The molecule has 29 heavy (non-hydrogen) atoms. The van der Waals surface area contributed by atoms with E-state index < -0.39 is 0 Å². The van der Waals surface area contributed by atoms with E-state index in [0.29, 0.717) is 12.5 Å². The van der Waals surface area contributed by atoms with E-state index in [-0.39, 0.29) is 5.91 Å². The van der Waals surface area contributed by atoms with E-state index in [9.17, 15) is 4.79 Å². The molecule has 0 N–H and O–H groups in total. The van der Waals surface area contributed by atoms with Gasteiger partial charge in [0.2, 0.25) is 5.91 Å². The maximum Gasteiger partial charge on any atom is 0.246 e. The maximum absolute atomic E-state index is 12.7. The number of amides is 1. The normalized spacial score (nSPS) is 17.0. The van der Waals surface area contributed by atoms with Gasteiger partial charge in [-0.25, -0.2) is 0 Å². The van der Waals surface area contributed by atoms with Gasteiger partial charge in [-0.1, -0.05) is 37.3 Å². The van der Waals surface area contributed by atoms with Crippen molar-refractivity contribution in [1.82, 2.24) is 19.7 Å². The minimum atomic E-state index is 0.0736. The largest absolute Gasteiger partial charge is 0.339 e. The van der Waals surface area contributed by atoms with Crippen molar-refractivity contribution in [3.63, 3.8) is 0 Å². The number of benzene rings is 1. The highest BCUT2D eigenvalue weighted by molar-refractivity contribution is 5.92. The van der Waals surface area contributed by atoms with Crippen LogP contribution in [0.5, 0.6) is 0 Å². The highest BCUT2D eigenvalue weighted by Crippen LogP contribution is 2.23. The van der Waals surface area contributed by atoms with Gasteiger partial charge in [0.05, 0.1) is 6.54 Å². The van der Waals surface area contributed by atoms with Crippen molar-refractivity contribution in [2.24, 2.45) is 5.92 Å². The van der Waals surface area contributed by atoms with Gasteiger partial charge in [0.15, 0.2) is 0 Å². The van der Waals surface area contributed by atoms with E-state index in [1.807, 2.05) is 52.2 Å². The average Bonchev–Trinajstić information content (AvgIpc) is 3.16. The van der Waals surface area contributed by atoms with Crippen LogP contribution >= 0.6 is 0 Å². The smallest absolute Gasteiger partial charge is 0.246 e. The molecule has 1 fully saturated rings. The lowest BCUT2D eigenvalue weighted by Gasteiger charge is -2.30. The SMILES string of the molecule is CC1CCCN(C(=O)/C=C/c2cn(Cc3ccccc3)nc2-c2cccnc2)C1. The second-order valence-electron chi connectivity index (χ2n) is 7.72. The molecule has 3 aromatic rings. The monoisotopic (exact) mass is 386 g/mol. The zero-order valence-electron chi connectivity index (χ0n) is 16.7. The molecule has 1 aliphatic heterocycles. The van der Waals surface area contributed by atoms with E-state index in [4.69, 9.17) is 5.10 Å². The van der Waals surface area contributed by atoms with Crippen molar-refractivity contribution >= 4 is 12.0 Å². The van der Waals surface area contributed by atoms with Crippen molar-refractivity contribution < 1.29 is 4.79 Å². The van der Waals surface area contributed by atoms with E-state index in [2.05, 4.69) is 24.0 Å². The predicted molar refractivity (Wildman–Crippen MR) is 115 cm³/mol. The van der Waals surface area contributed by atoms with Gasteiger partial charge in [-0.3, -0.25) is 14.5 Å². The van der Waals surface area contributed by atoms with Gasteiger partial charge >= 0.3 is 0 Å². The number of hydrogen-bond acceptors (Lipinski definition) is 3. The Hall–Kier alpha value is -3.21. The Morgan fingerprint density at radius 3 is 2.83 bits per heavy atom. The van der Waals surface area contributed by atoms with Crippen LogP contribution in [0.2, 0.25) is 0 Å². The van der Waals surface area contributed by atoms with Gasteiger partial charge in [-0.05, 0) is 42.5 Å². The summed E-state index contributed by atoms with van der Waals surface area (Å²) in [6.07, 6.45) is 11.4. The molecule has 4 rings (SSSR count). The summed E-state index contributed by atoms with van der Waals surface area (Å²) in [5.74, 6) is 0.644. The van der Waals surface area contributed by atoms with Crippen LogP contribution in [0.3, 0.4) is 0 Å². The first-order valence-electron chi connectivity index (χ1n) is 10.2. The summed E-state index contributed by atoms with van der Waals surface area (Å²) < 4.78 is 1.92. The molecule has 0 spiro atoms. The van der Waals surface area contributed by atoms with Crippen LogP contribution in [0.4, 0.5) is 0 Å². The first kappa shape index (κ1) is 19.1. The van der Waals surface area contributed by atoms with Crippen LogP contribution in [0, 0.1) is 5.92 Å². The van der Waals surface area contributed by atoms with Crippen molar-refractivity contribution in [1.29, 1.82) is 0 Å². The lowest BCUT2D eigenvalue weighted by molar-refractivity contribution is -0.127. The molecule has 1 aromatic carbocycles. The van der Waals surface area contributed by atoms with E-state index in [1.165, 1.54) is 12.0 Å². The van der Waals surface area contributed by atoms with E-state index in [0.717, 1.165) is 36.3 Å². The maximum atomic E-state index is 12.7. The molecule has 3 heterocycles. The molecule has 2 aromatic heterocycles. The lowest BCUT2D eigenvalue weighted by Crippen LogP contribution is -2.38. The van der Waals surface area contributed by atoms with Gasteiger partial charge in [-0.15, -0.1) is 0 Å². The van der Waals surface area contributed by atoms with E-state index in [1.54, 1.807) is 18.5 Å². The van der Waals surface area contributed by atoms with Crippen LogP contribution in [0.25, 0.3) is 17.3 Å². The molecule has 1 atom stereocenters. The quantitative estimate of drug-likeness (QED) is 0.616. The summed E-state index contributed by atoms with van der Waals surface area (Å²) in [6, 6.07) is 14.1. The Balaban J connectivity index is 1.59.